The highest BCUT2D eigenvalue weighted by Gasteiger charge is 2.13. The number of fused-ring (bicyclic) bond motifs is 1. The van der Waals surface area contributed by atoms with Crippen LogP contribution in [0.25, 0.3) is 10.9 Å². The molecule has 0 aliphatic carbocycles. The summed E-state index contributed by atoms with van der Waals surface area (Å²) in [6, 6.07) is 14.8. The Morgan fingerprint density at radius 3 is 2.70 bits per heavy atom. The van der Waals surface area contributed by atoms with Crippen molar-refractivity contribution in [1.82, 2.24) is 14.9 Å². The zero-order chi connectivity index (χ0) is 16.2. The normalized spacial score (nSPS) is 10.5. The van der Waals surface area contributed by atoms with Gasteiger partial charge in [0.25, 0.3) is 5.91 Å². The van der Waals surface area contributed by atoms with Gasteiger partial charge in [0.1, 0.15) is 18.9 Å². The molecule has 0 aliphatic rings. The van der Waals surface area contributed by atoms with E-state index >= 15 is 0 Å². The average Bonchev–Trinajstić information content (AvgIpc) is 2.61. The van der Waals surface area contributed by atoms with Crippen LogP contribution in [0.2, 0.25) is 0 Å². The number of nitrogens with zero attached hydrogens (tertiary/aromatic N) is 3. The van der Waals surface area contributed by atoms with Gasteiger partial charge in [-0.05, 0) is 30.3 Å². The number of amides is 1. The number of aliphatic hydroxyl groups excluding tert-OH is 1. The molecular formula is C17H16N4O2. The van der Waals surface area contributed by atoms with E-state index in [2.05, 4.69) is 15.3 Å². The molecule has 0 fully saturated rings. The van der Waals surface area contributed by atoms with Gasteiger partial charge in [-0.2, -0.15) is 0 Å². The number of carbonyl (C=O) groups is 1. The topological polar surface area (TPSA) is 78.3 Å². The molecule has 3 aromatic rings. The van der Waals surface area contributed by atoms with Crippen LogP contribution in [0, 0.1) is 0 Å². The highest BCUT2D eigenvalue weighted by Crippen LogP contribution is 2.24. The number of aromatic nitrogens is 2. The van der Waals surface area contributed by atoms with Crippen molar-refractivity contribution < 1.29 is 9.90 Å². The van der Waals surface area contributed by atoms with E-state index in [9.17, 15) is 4.79 Å². The molecule has 1 aromatic heterocycles. The van der Waals surface area contributed by atoms with Crippen LogP contribution in [0.5, 0.6) is 0 Å². The average molecular weight is 308 g/mol. The number of hydrogen-bond donors (Lipinski definition) is 2. The Hall–Kier alpha value is -2.99. The van der Waals surface area contributed by atoms with Crippen LogP contribution in [0.4, 0.5) is 11.5 Å². The smallest absolute Gasteiger partial charge is 0.255 e. The SMILES string of the molecule is CN(CO)C(=O)c1ccc2ncnc(Nc3ccccc3)c2c1. The van der Waals surface area contributed by atoms with E-state index in [0.717, 1.165) is 16.6 Å². The van der Waals surface area contributed by atoms with Crippen LogP contribution in [-0.4, -0.2) is 39.7 Å². The second-order valence-electron chi connectivity index (χ2n) is 5.09. The van der Waals surface area contributed by atoms with Crippen molar-refractivity contribution >= 4 is 28.3 Å². The molecule has 0 radical (unpaired) electrons. The van der Waals surface area contributed by atoms with Gasteiger partial charge < -0.3 is 15.3 Å². The molecule has 2 aromatic carbocycles. The minimum Gasteiger partial charge on any atom is -0.376 e. The minimum absolute atomic E-state index is 0.260. The largest absolute Gasteiger partial charge is 0.376 e. The summed E-state index contributed by atoms with van der Waals surface area (Å²) in [5.41, 5.74) is 2.11. The fraction of sp³-hybridized carbons (Fsp3) is 0.118. The van der Waals surface area contributed by atoms with Crippen molar-refractivity contribution in [2.45, 2.75) is 0 Å². The summed E-state index contributed by atoms with van der Waals surface area (Å²) >= 11 is 0. The summed E-state index contributed by atoms with van der Waals surface area (Å²) in [5, 5.41) is 13.1. The summed E-state index contributed by atoms with van der Waals surface area (Å²) in [4.78, 5) is 21.9. The number of aliphatic hydroxyl groups is 1. The molecule has 1 heterocycles. The van der Waals surface area contributed by atoms with Crippen molar-refractivity contribution in [2.24, 2.45) is 0 Å². The maximum Gasteiger partial charge on any atom is 0.255 e. The minimum atomic E-state index is -0.336. The summed E-state index contributed by atoms with van der Waals surface area (Å²) in [6.45, 7) is -0.336. The van der Waals surface area contributed by atoms with Gasteiger partial charge in [-0.15, -0.1) is 0 Å². The standard InChI is InChI=1S/C17H16N4O2/c1-21(11-22)17(23)12-7-8-15-14(9-12)16(19-10-18-15)20-13-5-3-2-4-6-13/h2-10,22H,11H2,1H3,(H,18,19,20). The third-order valence-corrected chi connectivity index (χ3v) is 3.48. The van der Waals surface area contributed by atoms with Crippen molar-refractivity contribution in [3.8, 4) is 0 Å². The molecule has 0 spiro atoms. The van der Waals surface area contributed by atoms with Crippen LogP contribution in [-0.2, 0) is 0 Å². The highest BCUT2D eigenvalue weighted by atomic mass is 16.3. The lowest BCUT2D eigenvalue weighted by atomic mass is 10.1. The lowest BCUT2D eigenvalue weighted by Gasteiger charge is -2.14. The third-order valence-electron chi connectivity index (χ3n) is 3.48. The van der Waals surface area contributed by atoms with Crippen molar-refractivity contribution in [3.63, 3.8) is 0 Å². The second-order valence-corrected chi connectivity index (χ2v) is 5.09. The Balaban J connectivity index is 2.03. The van der Waals surface area contributed by atoms with E-state index in [1.807, 2.05) is 30.3 Å². The van der Waals surface area contributed by atoms with Crippen LogP contribution in [0.15, 0.2) is 54.9 Å². The molecule has 0 saturated heterocycles. The number of hydrogen-bond acceptors (Lipinski definition) is 5. The molecule has 0 atom stereocenters. The van der Waals surface area contributed by atoms with Crippen molar-refractivity contribution in [2.75, 3.05) is 19.1 Å². The summed E-state index contributed by atoms with van der Waals surface area (Å²) in [7, 11) is 1.54. The van der Waals surface area contributed by atoms with Gasteiger partial charge in [0.05, 0.1) is 5.52 Å². The number of rotatable bonds is 4. The van der Waals surface area contributed by atoms with Crippen LogP contribution < -0.4 is 5.32 Å². The summed E-state index contributed by atoms with van der Waals surface area (Å²) in [6.07, 6.45) is 1.48. The van der Waals surface area contributed by atoms with Gasteiger partial charge in [0, 0.05) is 23.7 Å². The fourth-order valence-corrected chi connectivity index (χ4v) is 2.23. The first kappa shape index (κ1) is 14.9. The van der Waals surface area contributed by atoms with Crippen LogP contribution >= 0.6 is 0 Å². The van der Waals surface area contributed by atoms with Crippen molar-refractivity contribution in [1.29, 1.82) is 0 Å². The molecule has 2 N–H and O–H groups in total. The van der Waals surface area contributed by atoms with Gasteiger partial charge in [-0.25, -0.2) is 9.97 Å². The summed E-state index contributed by atoms with van der Waals surface area (Å²) in [5.74, 6) is 0.367. The van der Waals surface area contributed by atoms with Crippen molar-refractivity contribution in [3.05, 3.63) is 60.4 Å². The van der Waals surface area contributed by atoms with E-state index in [1.54, 1.807) is 18.2 Å². The van der Waals surface area contributed by atoms with Gasteiger partial charge in [-0.1, -0.05) is 18.2 Å². The predicted molar refractivity (Wildman–Crippen MR) is 88.4 cm³/mol. The molecule has 0 unspecified atom stereocenters. The Labute approximate surface area is 133 Å². The molecule has 1 amide bonds. The molecule has 0 aliphatic heterocycles. The fourth-order valence-electron chi connectivity index (χ4n) is 2.23. The Morgan fingerprint density at radius 2 is 1.96 bits per heavy atom. The van der Waals surface area contributed by atoms with E-state index in [1.165, 1.54) is 18.3 Å². The first-order valence-corrected chi connectivity index (χ1v) is 7.12. The number of para-hydroxylation sites is 1. The van der Waals surface area contributed by atoms with E-state index in [4.69, 9.17) is 5.11 Å². The molecule has 3 rings (SSSR count). The summed E-state index contributed by atoms with van der Waals surface area (Å²) < 4.78 is 0. The molecule has 6 nitrogen and oxygen atoms in total. The quantitative estimate of drug-likeness (QED) is 0.724. The lowest BCUT2D eigenvalue weighted by molar-refractivity contribution is 0.0630. The zero-order valence-corrected chi connectivity index (χ0v) is 12.6. The monoisotopic (exact) mass is 308 g/mol. The van der Waals surface area contributed by atoms with Crippen LogP contribution in [0.3, 0.4) is 0 Å². The number of carbonyl (C=O) groups excluding carboxylic acids is 1. The highest BCUT2D eigenvalue weighted by molar-refractivity contribution is 6.00. The Morgan fingerprint density at radius 1 is 1.17 bits per heavy atom. The van der Waals surface area contributed by atoms with E-state index in [0.29, 0.717) is 11.4 Å². The predicted octanol–water partition coefficient (Wildman–Crippen LogP) is 2.40. The lowest BCUT2D eigenvalue weighted by Crippen LogP contribution is -2.27. The van der Waals surface area contributed by atoms with Crippen LogP contribution in [0.1, 0.15) is 10.4 Å². The number of anilines is 2. The molecule has 0 saturated carbocycles. The maximum atomic E-state index is 12.2. The first-order chi connectivity index (χ1) is 11.2. The number of nitrogens with one attached hydrogen (secondary N) is 1. The molecule has 0 bridgehead atoms. The third kappa shape index (κ3) is 3.12. The second kappa shape index (κ2) is 6.41. The molecule has 23 heavy (non-hydrogen) atoms. The van der Waals surface area contributed by atoms with Gasteiger partial charge in [0.2, 0.25) is 0 Å². The molecular weight excluding hydrogens is 292 g/mol. The van der Waals surface area contributed by atoms with Gasteiger partial charge in [-0.3, -0.25) is 4.79 Å². The van der Waals surface area contributed by atoms with Gasteiger partial charge >= 0.3 is 0 Å². The molecule has 116 valence electrons. The Kier molecular flexibility index (Phi) is 4.16. The Bertz CT molecular complexity index is 836. The van der Waals surface area contributed by atoms with Gasteiger partial charge in [0.15, 0.2) is 0 Å². The number of benzene rings is 2. The first-order valence-electron chi connectivity index (χ1n) is 7.12. The maximum absolute atomic E-state index is 12.2. The zero-order valence-electron chi connectivity index (χ0n) is 12.6. The van der Waals surface area contributed by atoms with E-state index < -0.39 is 0 Å². The molecule has 6 heteroatoms. The van der Waals surface area contributed by atoms with E-state index in [-0.39, 0.29) is 12.6 Å².